The molecule has 0 aliphatic heterocycles. The number of hydrogen-bond donors (Lipinski definition) is 4. The Bertz CT molecular complexity index is 396. The molecule has 0 bridgehead atoms. The Hall–Kier alpha value is -0.940. The number of hydrogen-bond acceptors (Lipinski definition) is 4. The van der Waals surface area contributed by atoms with E-state index in [-0.39, 0.29) is 19.8 Å². The van der Waals surface area contributed by atoms with Crippen molar-refractivity contribution in [1.82, 2.24) is 5.32 Å². The fraction of sp³-hybridized carbons (Fsp3) is 0.600. The maximum Gasteiger partial charge on any atom is 0.0881 e. The van der Waals surface area contributed by atoms with Crippen LogP contribution >= 0.6 is 0 Å². The minimum Gasteiger partial charge on any atom is -0.394 e. The smallest absolute Gasteiger partial charge is 0.0881 e. The Morgan fingerprint density at radius 2 is 1.79 bits per heavy atom. The number of nitrogens with one attached hydrogen (secondary N) is 1. The maximum absolute atomic E-state index is 9.32. The summed E-state index contributed by atoms with van der Waals surface area (Å²) in [6, 6.07) is 8.43. The van der Waals surface area contributed by atoms with E-state index in [9.17, 15) is 15.3 Å². The lowest BCUT2D eigenvalue weighted by atomic mass is 9.82. The Labute approximate surface area is 114 Å². The molecule has 0 saturated heterocycles. The van der Waals surface area contributed by atoms with Crippen LogP contribution < -0.4 is 5.32 Å². The SMILES string of the molecule is OCC(CO)(CO)NCC1CCCc2ccccc21. The van der Waals surface area contributed by atoms with Crippen LogP contribution in [0.4, 0.5) is 0 Å². The molecule has 1 aromatic carbocycles. The molecule has 0 saturated carbocycles. The lowest BCUT2D eigenvalue weighted by Crippen LogP contribution is -2.55. The number of aryl methyl sites for hydroxylation is 1. The van der Waals surface area contributed by atoms with Gasteiger partial charge in [0.05, 0.1) is 25.4 Å². The summed E-state index contributed by atoms with van der Waals surface area (Å²) in [6.45, 7) is -0.143. The average molecular weight is 265 g/mol. The summed E-state index contributed by atoms with van der Waals surface area (Å²) in [5.41, 5.74) is 1.76. The highest BCUT2D eigenvalue weighted by Gasteiger charge is 2.29. The summed E-state index contributed by atoms with van der Waals surface area (Å²) < 4.78 is 0. The quantitative estimate of drug-likeness (QED) is 0.601. The molecule has 19 heavy (non-hydrogen) atoms. The van der Waals surface area contributed by atoms with E-state index in [1.807, 2.05) is 0 Å². The number of aliphatic hydroxyl groups excluding tert-OH is 3. The predicted molar refractivity (Wildman–Crippen MR) is 74.1 cm³/mol. The minimum absolute atomic E-state index is 0.269. The number of fused-ring (bicyclic) bond motifs is 1. The van der Waals surface area contributed by atoms with Crippen LogP contribution in [0.2, 0.25) is 0 Å². The van der Waals surface area contributed by atoms with Gasteiger partial charge in [-0.3, -0.25) is 0 Å². The number of benzene rings is 1. The van der Waals surface area contributed by atoms with E-state index < -0.39 is 5.54 Å². The first kappa shape index (κ1) is 14.5. The van der Waals surface area contributed by atoms with E-state index in [1.165, 1.54) is 11.1 Å². The van der Waals surface area contributed by atoms with Crippen molar-refractivity contribution < 1.29 is 15.3 Å². The van der Waals surface area contributed by atoms with Gasteiger partial charge in [0.1, 0.15) is 0 Å². The monoisotopic (exact) mass is 265 g/mol. The molecule has 1 aliphatic carbocycles. The third-order valence-electron chi connectivity index (χ3n) is 4.13. The second-order valence-electron chi connectivity index (χ2n) is 5.42. The highest BCUT2D eigenvalue weighted by atomic mass is 16.3. The maximum atomic E-state index is 9.32. The molecule has 1 aromatic rings. The van der Waals surface area contributed by atoms with Gasteiger partial charge in [0, 0.05) is 6.54 Å². The first-order valence-electron chi connectivity index (χ1n) is 6.90. The molecule has 106 valence electrons. The molecule has 2 rings (SSSR count). The van der Waals surface area contributed by atoms with Crippen LogP contribution in [0.25, 0.3) is 0 Å². The van der Waals surface area contributed by atoms with Crippen LogP contribution in [0.15, 0.2) is 24.3 Å². The van der Waals surface area contributed by atoms with Crippen LogP contribution in [-0.2, 0) is 6.42 Å². The van der Waals surface area contributed by atoms with Gasteiger partial charge in [-0.25, -0.2) is 0 Å². The zero-order valence-electron chi connectivity index (χ0n) is 11.2. The molecular weight excluding hydrogens is 242 g/mol. The van der Waals surface area contributed by atoms with Crippen molar-refractivity contribution in [2.24, 2.45) is 0 Å². The molecule has 0 spiro atoms. The molecular formula is C15H23NO3. The second-order valence-corrected chi connectivity index (χ2v) is 5.42. The summed E-state index contributed by atoms with van der Waals surface area (Å²) in [7, 11) is 0. The Morgan fingerprint density at radius 3 is 2.47 bits per heavy atom. The van der Waals surface area contributed by atoms with Crippen molar-refractivity contribution in [3.63, 3.8) is 0 Å². The van der Waals surface area contributed by atoms with Gasteiger partial charge in [0.15, 0.2) is 0 Å². The first-order valence-corrected chi connectivity index (χ1v) is 6.90. The van der Waals surface area contributed by atoms with Gasteiger partial charge in [-0.2, -0.15) is 0 Å². The molecule has 4 heteroatoms. The summed E-state index contributed by atoms with van der Waals surface area (Å²) in [4.78, 5) is 0. The molecule has 0 aromatic heterocycles. The van der Waals surface area contributed by atoms with Crippen LogP contribution in [0.3, 0.4) is 0 Å². The Morgan fingerprint density at radius 1 is 1.11 bits per heavy atom. The topological polar surface area (TPSA) is 72.7 Å². The molecule has 0 radical (unpaired) electrons. The van der Waals surface area contributed by atoms with Crippen molar-refractivity contribution in [2.75, 3.05) is 26.4 Å². The lowest BCUT2D eigenvalue weighted by Gasteiger charge is -2.33. The van der Waals surface area contributed by atoms with Crippen molar-refractivity contribution in [1.29, 1.82) is 0 Å². The zero-order valence-corrected chi connectivity index (χ0v) is 11.2. The van der Waals surface area contributed by atoms with Crippen molar-refractivity contribution in [3.05, 3.63) is 35.4 Å². The van der Waals surface area contributed by atoms with E-state index in [1.54, 1.807) is 0 Å². The van der Waals surface area contributed by atoms with E-state index in [4.69, 9.17) is 0 Å². The van der Waals surface area contributed by atoms with Crippen LogP contribution in [-0.4, -0.2) is 47.2 Å². The number of aliphatic hydroxyl groups is 3. The molecule has 0 fully saturated rings. The van der Waals surface area contributed by atoms with E-state index in [0.29, 0.717) is 12.5 Å². The second kappa shape index (κ2) is 6.48. The van der Waals surface area contributed by atoms with Crippen molar-refractivity contribution >= 4 is 0 Å². The van der Waals surface area contributed by atoms with Gasteiger partial charge >= 0.3 is 0 Å². The fourth-order valence-corrected chi connectivity index (χ4v) is 2.72. The summed E-state index contributed by atoms with van der Waals surface area (Å²) in [5, 5.41) is 31.1. The predicted octanol–water partition coefficient (Wildman–Crippen LogP) is 0.412. The van der Waals surface area contributed by atoms with Gasteiger partial charge in [0.2, 0.25) is 0 Å². The van der Waals surface area contributed by atoms with Crippen molar-refractivity contribution in [2.45, 2.75) is 30.7 Å². The Kier molecular flexibility index (Phi) is 4.93. The van der Waals surface area contributed by atoms with Crippen molar-refractivity contribution in [3.8, 4) is 0 Å². The van der Waals surface area contributed by atoms with E-state index in [2.05, 4.69) is 29.6 Å². The summed E-state index contributed by atoms with van der Waals surface area (Å²) in [6.07, 6.45) is 3.38. The van der Waals surface area contributed by atoms with Gasteiger partial charge in [-0.1, -0.05) is 24.3 Å². The normalized spacial score (nSPS) is 19.2. The molecule has 4 nitrogen and oxygen atoms in total. The molecule has 4 N–H and O–H groups in total. The zero-order chi connectivity index (χ0) is 13.7. The van der Waals surface area contributed by atoms with E-state index >= 15 is 0 Å². The largest absolute Gasteiger partial charge is 0.394 e. The lowest BCUT2D eigenvalue weighted by molar-refractivity contribution is 0.0413. The molecule has 1 atom stereocenters. The minimum atomic E-state index is -0.980. The van der Waals surface area contributed by atoms with Crippen LogP contribution in [0.5, 0.6) is 0 Å². The Balaban J connectivity index is 2.05. The highest BCUT2D eigenvalue weighted by Crippen LogP contribution is 2.31. The van der Waals surface area contributed by atoms with Gasteiger partial charge in [-0.15, -0.1) is 0 Å². The fourth-order valence-electron chi connectivity index (χ4n) is 2.72. The molecule has 0 amide bonds. The molecule has 1 unspecified atom stereocenters. The van der Waals surface area contributed by atoms with Gasteiger partial charge in [-0.05, 0) is 36.3 Å². The third-order valence-corrected chi connectivity index (χ3v) is 4.13. The van der Waals surface area contributed by atoms with E-state index in [0.717, 1.165) is 19.3 Å². The highest BCUT2D eigenvalue weighted by molar-refractivity contribution is 5.32. The third kappa shape index (κ3) is 3.15. The first-order chi connectivity index (χ1) is 9.24. The average Bonchev–Trinajstić information content (AvgIpc) is 2.49. The van der Waals surface area contributed by atoms with Crippen LogP contribution in [0, 0.1) is 0 Å². The number of rotatable bonds is 6. The van der Waals surface area contributed by atoms with Gasteiger partial charge in [0.25, 0.3) is 0 Å². The standard InChI is InChI=1S/C15H23NO3/c17-9-15(10-18,11-19)16-8-13-6-3-5-12-4-1-2-7-14(12)13/h1-2,4,7,13,16-19H,3,5-6,8-11H2. The van der Waals surface area contributed by atoms with Gasteiger partial charge < -0.3 is 20.6 Å². The summed E-state index contributed by atoms with van der Waals surface area (Å²) in [5.74, 6) is 0.383. The molecule has 1 aliphatic rings. The molecule has 0 heterocycles. The summed E-state index contributed by atoms with van der Waals surface area (Å²) >= 11 is 0. The van der Waals surface area contributed by atoms with Crippen LogP contribution in [0.1, 0.15) is 29.9 Å².